The number of benzene rings is 4. The van der Waals surface area contributed by atoms with Gasteiger partial charge in [0.05, 0.1) is 10.6 Å². The number of carbonyl (C=O) groups excluding carboxylic acids is 2. The highest BCUT2D eigenvalue weighted by molar-refractivity contribution is 7.92. The zero-order valence-corrected chi connectivity index (χ0v) is 27.5. The molecule has 0 aliphatic rings. The lowest BCUT2D eigenvalue weighted by Crippen LogP contribution is -2.53. The number of aryl methyl sites for hydroxylation is 2. The minimum Gasteiger partial charge on any atom is -0.354 e. The fraction of sp³-hybridized carbons (Fsp3) is 0.278. The minimum atomic E-state index is -4.15. The molecule has 45 heavy (non-hydrogen) atoms. The van der Waals surface area contributed by atoms with Gasteiger partial charge in [0, 0.05) is 24.5 Å². The average Bonchev–Trinajstić information content (AvgIpc) is 3.03. The first kappa shape index (κ1) is 33.7. The summed E-state index contributed by atoms with van der Waals surface area (Å²) in [7, 11) is -4.15. The summed E-state index contributed by atoms with van der Waals surface area (Å²) in [5.74, 6) is -0.814. The Labute approximate surface area is 271 Å². The molecule has 236 valence electrons. The van der Waals surface area contributed by atoms with Gasteiger partial charge >= 0.3 is 0 Å². The van der Waals surface area contributed by atoms with Gasteiger partial charge in [-0.3, -0.25) is 13.9 Å². The van der Waals surface area contributed by atoms with Crippen LogP contribution in [0.15, 0.2) is 108 Å². The monoisotopic (exact) mass is 645 g/mol. The van der Waals surface area contributed by atoms with Crippen LogP contribution < -0.4 is 9.62 Å². The number of carbonyl (C=O) groups is 2. The number of nitrogens with one attached hydrogen (secondary N) is 1. The Balaban J connectivity index is 1.80. The first-order chi connectivity index (χ1) is 21.6. The molecule has 0 fully saturated rings. The summed E-state index contributed by atoms with van der Waals surface area (Å²) in [6.45, 7) is 5.90. The number of sulfonamides is 1. The third kappa shape index (κ3) is 8.96. The van der Waals surface area contributed by atoms with Crippen LogP contribution in [0.5, 0.6) is 0 Å². The van der Waals surface area contributed by atoms with Gasteiger partial charge in [-0.1, -0.05) is 91.7 Å². The molecule has 0 radical (unpaired) electrons. The van der Waals surface area contributed by atoms with Gasteiger partial charge in [0.2, 0.25) is 11.8 Å². The lowest BCUT2D eigenvalue weighted by atomic mass is 10.0. The highest BCUT2D eigenvalue weighted by atomic mass is 35.5. The van der Waals surface area contributed by atoms with Crippen molar-refractivity contribution in [3.8, 4) is 0 Å². The Hall–Kier alpha value is -4.14. The molecule has 1 atom stereocenters. The molecular formula is C36H40ClN3O4S. The Kier molecular flexibility index (Phi) is 11.8. The van der Waals surface area contributed by atoms with Crippen molar-refractivity contribution in [1.29, 1.82) is 0 Å². The van der Waals surface area contributed by atoms with E-state index in [-0.39, 0.29) is 23.8 Å². The average molecular weight is 646 g/mol. The van der Waals surface area contributed by atoms with Crippen LogP contribution in [0.2, 0.25) is 5.02 Å². The third-order valence-electron chi connectivity index (χ3n) is 7.73. The SMILES string of the molecule is CCCCNC(=O)[C@H](Cc1ccccc1)N(Cc1cccc(Cl)c1)C(=O)CN(c1ccc(C)c(C)c1)S(=O)(=O)c1ccccc1. The zero-order valence-electron chi connectivity index (χ0n) is 25.9. The normalized spacial score (nSPS) is 11.9. The summed E-state index contributed by atoms with van der Waals surface area (Å²) in [6.07, 6.45) is 1.94. The summed E-state index contributed by atoms with van der Waals surface area (Å²) in [5.41, 5.74) is 3.85. The number of hydrogen-bond donors (Lipinski definition) is 1. The van der Waals surface area contributed by atoms with Crippen LogP contribution in [-0.4, -0.2) is 44.3 Å². The molecule has 0 aromatic heterocycles. The van der Waals surface area contributed by atoms with Gasteiger partial charge in [0.25, 0.3) is 10.0 Å². The molecule has 0 saturated heterocycles. The molecule has 4 aromatic rings. The van der Waals surface area contributed by atoms with Crippen molar-refractivity contribution >= 4 is 39.1 Å². The summed E-state index contributed by atoms with van der Waals surface area (Å²) in [5, 5.41) is 3.50. The number of hydrogen-bond acceptors (Lipinski definition) is 4. The second-order valence-corrected chi connectivity index (χ2v) is 13.4. The molecule has 0 saturated carbocycles. The molecule has 0 unspecified atom stereocenters. The van der Waals surface area contributed by atoms with Crippen molar-refractivity contribution in [2.24, 2.45) is 0 Å². The fourth-order valence-electron chi connectivity index (χ4n) is 5.02. The molecule has 2 amide bonds. The number of amides is 2. The molecular weight excluding hydrogens is 606 g/mol. The van der Waals surface area contributed by atoms with E-state index in [2.05, 4.69) is 5.32 Å². The standard InChI is InChI=1S/C36H40ClN3O4S/c1-4-5-21-38-36(42)34(24-29-13-8-6-9-14-29)39(25-30-15-12-16-31(37)23-30)35(41)26-40(32-20-19-27(2)28(3)22-32)45(43,44)33-17-10-7-11-18-33/h6-20,22-23,34H,4-5,21,24-26H2,1-3H3,(H,38,42)/t34-/m0/s1. The van der Waals surface area contributed by atoms with Crippen LogP contribution in [0.4, 0.5) is 5.69 Å². The summed E-state index contributed by atoms with van der Waals surface area (Å²) >= 11 is 6.31. The summed E-state index contributed by atoms with van der Waals surface area (Å²) in [4.78, 5) is 29.9. The Morgan fingerprint density at radius 3 is 2.13 bits per heavy atom. The van der Waals surface area contributed by atoms with Crippen LogP contribution in [0, 0.1) is 13.8 Å². The topological polar surface area (TPSA) is 86.8 Å². The van der Waals surface area contributed by atoms with E-state index in [4.69, 9.17) is 11.6 Å². The fourth-order valence-corrected chi connectivity index (χ4v) is 6.66. The zero-order chi connectivity index (χ0) is 32.4. The maximum Gasteiger partial charge on any atom is 0.264 e. The molecule has 1 N–H and O–H groups in total. The Morgan fingerprint density at radius 1 is 0.822 bits per heavy atom. The van der Waals surface area contributed by atoms with Gasteiger partial charge in [-0.2, -0.15) is 0 Å². The van der Waals surface area contributed by atoms with Crippen LogP contribution >= 0.6 is 11.6 Å². The smallest absolute Gasteiger partial charge is 0.264 e. The number of halogens is 1. The van der Waals surface area contributed by atoms with Crippen molar-refractivity contribution in [3.63, 3.8) is 0 Å². The van der Waals surface area contributed by atoms with E-state index >= 15 is 0 Å². The van der Waals surface area contributed by atoms with Gasteiger partial charge < -0.3 is 10.2 Å². The molecule has 9 heteroatoms. The highest BCUT2D eigenvalue weighted by Gasteiger charge is 2.34. The van der Waals surface area contributed by atoms with Crippen molar-refractivity contribution in [1.82, 2.24) is 10.2 Å². The van der Waals surface area contributed by atoms with Crippen molar-refractivity contribution in [2.45, 2.75) is 57.5 Å². The Bertz CT molecular complexity index is 1700. The molecule has 4 rings (SSSR count). The van der Waals surface area contributed by atoms with Gasteiger partial charge in [-0.05, 0) is 78.9 Å². The van der Waals surface area contributed by atoms with Crippen molar-refractivity contribution in [3.05, 3.63) is 130 Å². The van der Waals surface area contributed by atoms with Crippen LogP contribution in [0.3, 0.4) is 0 Å². The second-order valence-electron chi connectivity index (χ2n) is 11.1. The predicted molar refractivity (Wildman–Crippen MR) is 181 cm³/mol. The van der Waals surface area contributed by atoms with Crippen LogP contribution in [0.1, 0.15) is 42.0 Å². The molecule has 0 heterocycles. The Morgan fingerprint density at radius 2 is 1.49 bits per heavy atom. The van der Waals surface area contributed by atoms with Gasteiger partial charge in [-0.25, -0.2) is 8.42 Å². The van der Waals surface area contributed by atoms with Crippen molar-refractivity contribution in [2.75, 3.05) is 17.4 Å². The lowest BCUT2D eigenvalue weighted by Gasteiger charge is -2.34. The number of nitrogens with zero attached hydrogens (tertiary/aromatic N) is 2. The predicted octanol–water partition coefficient (Wildman–Crippen LogP) is 6.71. The van der Waals surface area contributed by atoms with Gasteiger partial charge in [0.15, 0.2) is 0 Å². The van der Waals surface area contributed by atoms with Gasteiger partial charge in [-0.15, -0.1) is 0 Å². The number of rotatable bonds is 14. The van der Waals surface area contributed by atoms with E-state index in [0.29, 0.717) is 17.3 Å². The van der Waals surface area contributed by atoms with Crippen molar-refractivity contribution < 1.29 is 18.0 Å². The van der Waals surface area contributed by atoms with E-state index in [9.17, 15) is 18.0 Å². The molecule has 7 nitrogen and oxygen atoms in total. The second kappa shape index (κ2) is 15.7. The molecule has 0 aliphatic carbocycles. The molecule has 0 spiro atoms. The molecule has 4 aromatic carbocycles. The van der Waals surface area contributed by atoms with E-state index in [1.807, 2.05) is 63.2 Å². The van der Waals surface area contributed by atoms with E-state index in [1.54, 1.807) is 48.5 Å². The minimum absolute atomic E-state index is 0.0598. The van der Waals surface area contributed by atoms with Crippen LogP contribution in [-0.2, 0) is 32.6 Å². The molecule has 0 aliphatic heterocycles. The highest BCUT2D eigenvalue weighted by Crippen LogP contribution is 2.27. The van der Waals surface area contributed by atoms with E-state index in [0.717, 1.165) is 39.4 Å². The summed E-state index contributed by atoms with van der Waals surface area (Å²) < 4.78 is 29.4. The largest absolute Gasteiger partial charge is 0.354 e. The third-order valence-corrected chi connectivity index (χ3v) is 9.75. The maximum absolute atomic E-state index is 14.5. The number of anilines is 1. The first-order valence-electron chi connectivity index (χ1n) is 15.1. The first-order valence-corrected chi connectivity index (χ1v) is 16.9. The lowest BCUT2D eigenvalue weighted by molar-refractivity contribution is -0.140. The summed E-state index contributed by atoms with van der Waals surface area (Å²) in [6, 6.07) is 29.1. The van der Waals surface area contributed by atoms with E-state index in [1.165, 1.54) is 17.0 Å². The van der Waals surface area contributed by atoms with Crippen LogP contribution in [0.25, 0.3) is 0 Å². The molecule has 0 bridgehead atoms. The quantitative estimate of drug-likeness (QED) is 0.155. The van der Waals surface area contributed by atoms with Gasteiger partial charge in [0.1, 0.15) is 12.6 Å². The maximum atomic E-state index is 14.5. The van der Waals surface area contributed by atoms with E-state index < -0.39 is 28.5 Å². The number of unbranched alkanes of at least 4 members (excludes halogenated alkanes) is 1.